The maximum absolute atomic E-state index is 13.4. The molecule has 0 aromatic heterocycles. The van der Waals surface area contributed by atoms with E-state index in [1.165, 1.54) is 38.2 Å². The van der Waals surface area contributed by atoms with Crippen LogP contribution >= 0.6 is 11.6 Å². The summed E-state index contributed by atoms with van der Waals surface area (Å²) in [7, 11) is 0. The Labute approximate surface area is 118 Å². The molecule has 1 N–H and O–H groups in total. The van der Waals surface area contributed by atoms with E-state index in [4.69, 9.17) is 11.6 Å². The monoisotopic (exact) mass is 282 g/mol. The molecule has 19 heavy (non-hydrogen) atoms. The highest BCUT2D eigenvalue weighted by atomic mass is 35.5. The van der Waals surface area contributed by atoms with E-state index in [2.05, 4.69) is 10.2 Å². The smallest absolute Gasteiger partial charge is 0.125 e. The van der Waals surface area contributed by atoms with E-state index in [-0.39, 0.29) is 11.4 Å². The fourth-order valence-electron chi connectivity index (χ4n) is 3.45. The summed E-state index contributed by atoms with van der Waals surface area (Å²) in [5, 5.41) is 4.34. The van der Waals surface area contributed by atoms with E-state index in [0.29, 0.717) is 5.02 Å². The van der Waals surface area contributed by atoms with Crippen molar-refractivity contribution in [3.05, 3.63) is 29.0 Å². The number of nitrogens with zero attached hydrogens (tertiary/aromatic N) is 1. The SMILES string of the molecule is Fc1ccc(Cl)c(N2CCNC3(CCCCC3)C2)c1. The zero-order valence-corrected chi connectivity index (χ0v) is 11.8. The molecule has 1 aliphatic carbocycles. The summed E-state index contributed by atoms with van der Waals surface area (Å²) in [6.07, 6.45) is 6.35. The minimum atomic E-state index is -0.212. The van der Waals surface area contributed by atoms with E-state index in [1.807, 2.05) is 0 Å². The molecular weight excluding hydrogens is 263 g/mol. The maximum atomic E-state index is 13.4. The molecule has 0 atom stereocenters. The number of piperazine rings is 1. The van der Waals surface area contributed by atoms with Crippen molar-refractivity contribution in [1.82, 2.24) is 5.32 Å². The summed E-state index contributed by atoms with van der Waals surface area (Å²) in [5.74, 6) is -0.212. The Kier molecular flexibility index (Phi) is 3.68. The Morgan fingerprint density at radius 2 is 2.00 bits per heavy atom. The van der Waals surface area contributed by atoms with Gasteiger partial charge in [0.15, 0.2) is 0 Å². The highest BCUT2D eigenvalue weighted by Gasteiger charge is 2.36. The Balaban J connectivity index is 1.82. The van der Waals surface area contributed by atoms with Crippen LogP contribution in [-0.2, 0) is 0 Å². The molecule has 0 bridgehead atoms. The van der Waals surface area contributed by atoms with Crippen LogP contribution in [-0.4, -0.2) is 25.2 Å². The van der Waals surface area contributed by atoms with Gasteiger partial charge >= 0.3 is 0 Å². The van der Waals surface area contributed by atoms with Gasteiger partial charge in [0, 0.05) is 25.2 Å². The first-order valence-electron chi connectivity index (χ1n) is 7.14. The molecule has 3 rings (SSSR count). The van der Waals surface area contributed by atoms with E-state index in [0.717, 1.165) is 25.3 Å². The molecule has 0 radical (unpaired) electrons. The topological polar surface area (TPSA) is 15.3 Å². The van der Waals surface area contributed by atoms with Gasteiger partial charge in [-0.2, -0.15) is 0 Å². The fourth-order valence-corrected chi connectivity index (χ4v) is 3.69. The molecule has 2 aliphatic rings. The number of halogens is 2. The molecule has 1 saturated heterocycles. The van der Waals surface area contributed by atoms with Gasteiger partial charge in [0.05, 0.1) is 10.7 Å². The van der Waals surface area contributed by atoms with Crippen LogP contribution in [0.1, 0.15) is 32.1 Å². The molecule has 0 amide bonds. The van der Waals surface area contributed by atoms with E-state index >= 15 is 0 Å². The van der Waals surface area contributed by atoms with Gasteiger partial charge in [0.25, 0.3) is 0 Å². The highest BCUT2D eigenvalue weighted by molar-refractivity contribution is 6.33. The first kappa shape index (κ1) is 13.2. The zero-order valence-electron chi connectivity index (χ0n) is 11.1. The lowest BCUT2D eigenvalue weighted by Crippen LogP contribution is -2.61. The predicted molar refractivity (Wildman–Crippen MR) is 77.4 cm³/mol. The third kappa shape index (κ3) is 2.72. The van der Waals surface area contributed by atoms with Crippen LogP contribution in [0.5, 0.6) is 0 Å². The number of rotatable bonds is 1. The second-order valence-electron chi connectivity index (χ2n) is 5.79. The van der Waals surface area contributed by atoms with Gasteiger partial charge in [-0.25, -0.2) is 4.39 Å². The maximum Gasteiger partial charge on any atom is 0.125 e. The molecular formula is C15H20ClFN2. The molecule has 2 nitrogen and oxygen atoms in total. The van der Waals surface area contributed by atoms with Crippen LogP contribution in [0, 0.1) is 5.82 Å². The third-order valence-electron chi connectivity index (χ3n) is 4.43. The number of nitrogens with one attached hydrogen (secondary N) is 1. The van der Waals surface area contributed by atoms with Crippen LogP contribution in [0.4, 0.5) is 10.1 Å². The second-order valence-corrected chi connectivity index (χ2v) is 6.19. The minimum absolute atomic E-state index is 0.212. The van der Waals surface area contributed by atoms with Crippen molar-refractivity contribution in [3.63, 3.8) is 0 Å². The van der Waals surface area contributed by atoms with Gasteiger partial charge in [-0.3, -0.25) is 0 Å². The molecule has 1 saturated carbocycles. The number of hydrogen-bond donors (Lipinski definition) is 1. The predicted octanol–water partition coefficient (Wildman–Crippen LogP) is 3.59. The third-order valence-corrected chi connectivity index (χ3v) is 4.75. The van der Waals surface area contributed by atoms with Gasteiger partial charge in [0.2, 0.25) is 0 Å². The normalized spacial score (nSPS) is 22.7. The molecule has 2 fully saturated rings. The number of hydrogen-bond acceptors (Lipinski definition) is 2. The summed E-state index contributed by atoms with van der Waals surface area (Å²) in [6.45, 7) is 2.79. The molecule has 1 aromatic carbocycles. The average molecular weight is 283 g/mol. The molecule has 1 heterocycles. The van der Waals surface area contributed by atoms with Crippen LogP contribution in [0.2, 0.25) is 5.02 Å². The van der Waals surface area contributed by atoms with Crippen molar-refractivity contribution < 1.29 is 4.39 Å². The van der Waals surface area contributed by atoms with Crippen molar-refractivity contribution in [1.29, 1.82) is 0 Å². The molecule has 1 aliphatic heterocycles. The summed E-state index contributed by atoms with van der Waals surface area (Å²) in [5.41, 5.74) is 1.06. The standard InChI is InChI=1S/C15H20ClFN2/c16-13-5-4-12(17)10-14(13)19-9-8-18-15(11-19)6-2-1-3-7-15/h4-5,10,18H,1-3,6-9,11H2. The Bertz CT molecular complexity index is 452. The quantitative estimate of drug-likeness (QED) is 0.847. The van der Waals surface area contributed by atoms with Crippen molar-refractivity contribution >= 4 is 17.3 Å². The number of anilines is 1. The van der Waals surface area contributed by atoms with Crippen LogP contribution in [0.25, 0.3) is 0 Å². The lowest BCUT2D eigenvalue weighted by atomic mass is 9.80. The van der Waals surface area contributed by atoms with E-state index in [1.54, 1.807) is 12.1 Å². The zero-order chi connectivity index (χ0) is 13.3. The summed E-state index contributed by atoms with van der Waals surface area (Å²) in [6, 6.07) is 4.64. The Morgan fingerprint density at radius 3 is 2.79 bits per heavy atom. The van der Waals surface area contributed by atoms with Crippen molar-refractivity contribution in [2.75, 3.05) is 24.5 Å². The van der Waals surface area contributed by atoms with E-state index in [9.17, 15) is 4.39 Å². The van der Waals surface area contributed by atoms with Crippen molar-refractivity contribution in [3.8, 4) is 0 Å². The van der Waals surface area contributed by atoms with Crippen LogP contribution < -0.4 is 10.2 Å². The average Bonchev–Trinajstić information content (AvgIpc) is 2.42. The Morgan fingerprint density at radius 1 is 1.21 bits per heavy atom. The van der Waals surface area contributed by atoms with Gasteiger partial charge in [-0.15, -0.1) is 0 Å². The van der Waals surface area contributed by atoms with Gasteiger partial charge in [-0.1, -0.05) is 30.9 Å². The largest absolute Gasteiger partial charge is 0.367 e. The second kappa shape index (κ2) is 5.29. The first-order valence-corrected chi connectivity index (χ1v) is 7.51. The minimum Gasteiger partial charge on any atom is -0.367 e. The van der Waals surface area contributed by atoms with Gasteiger partial charge in [0.1, 0.15) is 5.82 Å². The molecule has 104 valence electrons. The lowest BCUT2D eigenvalue weighted by Gasteiger charge is -2.47. The summed E-state index contributed by atoms with van der Waals surface area (Å²) < 4.78 is 13.4. The van der Waals surface area contributed by atoms with E-state index < -0.39 is 0 Å². The molecule has 1 aromatic rings. The fraction of sp³-hybridized carbons (Fsp3) is 0.600. The molecule has 0 unspecified atom stereocenters. The lowest BCUT2D eigenvalue weighted by molar-refractivity contribution is 0.216. The Hall–Kier alpha value is -0.800. The highest BCUT2D eigenvalue weighted by Crippen LogP contribution is 2.34. The van der Waals surface area contributed by atoms with Crippen LogP contribution in [0.15, 0.2) is 18.2 Å². The first-order chi connectivity index (χ1) is 9.19. The van der Waals surface area contributed by atoms with Crippen molar-refractivity contribution in [2.24, 2.45) is 0 Å². The van der Waals surface area contributed by atoms with Gasteiger partial charge in [-0.05, 0) is 31.0 Å². The molecule has 4 heteroatoms. The summed E-state index contributed by atoms with van der Waals surface area (Å²) >= 11 is 6.23. The number of benzene rings is 1. The summed E-state index contributed by atoms with van der Waals surface area (Å²) in [4.78, 5) is 2.24. The van der Waals surface area contributed by atoms with Crippen molar-refractivity contribution in [2.45, 2.75) is 37.6 Å². The van der Waals surface area contributed by atoms with Gasteiger partial charge < -0.3 is 10.2 Å². The molecule has 1 spiro atoms. The van der Waals surface area contributed by atoms with Crippen LogP contribution in [0.3, 0.4) is 0 Å².